The largest absolute Gasteiger partial charge is 0.320 e. The van der Waals surface area contributed by atoms with Crippen LogP contribution in [-0.2, 0) is 17.8 Å². The molecule has 1 aliphatic rings. The summed E-state index contributed by atoms with van der Waals surface area (Å²) in [5, 5.41) is 8.93. The Morgan fingerprint density at radius 1 is 1.35 bits per heavy atom. The maximum Gasteiger partial charge on any atom is 0.155 e. The highest BCUT2D eigenvalue weighted by molar-refractivity contribution is 5.84. The molecule has 1 heterocycles. The summed E-state index contributed by atoms with van der Waals surface area (Å²) in [4.78, 5) is 16.9. The van der Waals surface area contributed by atoms with Crippen molar-refractivity contribution in [2.45, 2.75) is 38.6 Å². The molecule has 3 rings (SSSR count). The lowest BCUT2D eigenvalue weighted by Gasteiger charge is -2.11. The quantitative estimate of drug-likeness (QED) is 0.855. The zero-order valence-corrected chi connectivity index (χ0v) is 11.4. The van der Waals surface area contributed by atoms with Gasteiger partial charge in [-0.1, -0.05) is 25.0 Å². The van der Waals surface area contributed by atoms with Crippen molar-refractivity contribution in [1.82, 2.24) is 9.55 Å². The molecule has 20 heavy (non-hydrogen) atoms. The van der Waals surface area contributed by atoms with E-state index in [-0.39, 0.29) is 18.1 Å². The minimum atomic E-state index is 0.200. The topological polar surface area (TPSA) is 58.7 Å². The van der Waals surface area contributed by atoms with E-state index < -0.39 is 0 Å². The number of aromatic nitrogens is 2. The molecule has 0 unspecified atom stereocenters. The fourth-order valence-corrected chi connectivity index (χ4v) is 3.04. The number of carbonyl (C=O) groups excluding carboxylic acids is 1. The van der Waals surface area contributed by atoms with Crippen LogP contribution >= 0.6 is 0 Å². The van der Waals surface area contributed by atoms with Gasteiger partial charge in [0.25, 0.3) is 0 Å². The lowest BCUT2D eigenvalue weighted by Crippen LogP contribution is -2.19. The number of benzene rings is 1. The number of hydrogen-bond donors (Lipinski definition) is 0. The second-order valence-corrected chi connectivity index (χ2v) is 5.39. The van der Waals surface area contributed by atoms with E-state index in [1.165, 1.54) is 0 Å². The first-order chi connectivity index (χ1) is 9.79. The molecule has 4 heteroatoms. The van der Waals surface area contributed by atoms with Crippen molar-refractivity contribution >= 4 is 16.8 Å². The van der Waals surface area contributed by atoms with E-state index in [2.05, 4.69) is 11.1 Å². The highest BCUT2D eigenvalue weighted by atomic mass is 16.1. The number of imidazole rings is 1. The first-order valence-corrected chi connectivity index (χ1v) is 7.13. The lowest BCUT2D eigenvalue weighted by atomic mass is 10.0. The summed E-state index contributed by atoms with van der Waals surface area (Å²) in [5.41, 5.74) is 1.81. The number of nitriles is 1. The SMILES string of the molecule is N#CCc1nc2ccccc2n1CC(=O)C1CCCC1. The highest BCUT2D eigenvalue weighted by Gasteiger charge is 2.24. The number of para-hydroxylation sites is 2. The van der Waals surface area contributed by atoms with Crippen molar-refractivity contribution in [2.75, 3.05) is 0 Å². The zero-order chi connectivity index (χ0) is 13.9. The van der Waals surface area contributed by atoms with E-state index in [0.29, 0.717) is 12.4 Å². The van der Waals surface area contributed by atoms with Crippen molar-refractivity contribution in [3.63, 3.8) is 0 Å². The second-order valence-electron chi connectivity index (χ2n) is 5.39. The van der Waals surface area contributed by atoms with E-state index in [1.54, 1.807) is 0 Å². The van der Waals surface area contributed by atoms with Gasteiger partial charge in [0.1, 0.15) is 5.82 Å². The molecule has 1 aromatic carbocycles. The molecule has 102 valence electrons. The number of rotatable bonds is 4. The molecular weight excluding hydrogens is 250 g/mol. The number of nitrogens with zero attached hydrogens (tertiary/aromatic N) is 3. The molecule has 0 saturated heterocycles. The van der Waals surface area contributed by atoms with Gasteiger partial charge >= 0.3 is 0 Å². The number of carbonyl (C=O) groups is 1. The molecule has 1 saturated carbocycles. The Kier molecular flexibility index (Phi) is 3.51. The third kappa shape index (κ3) is 2.32. The average Bonchev–Trinajstić information content (AvgIpc) is 3.08. The predicted molar refractivity (Wildman–Crippen MR) is 76.0 cm³/mol. The van der Waals surface area contributed by atoms with Crippen LogP contribution < -0.4 is 0 Å². The summed E-state index contributed by atoms with van der Waals surface area (Å²) in [6.07, 6.45) is 4.59. The third-order valence-electron chi connectivity index (χ3n) is 4.10. The fourth-order valence-electron chi connectivity index (χ4n) is 3.04. The van der Waals surface area contributed by atoms with E-state index >= 15 is 0 Å². The summed E-state index contributed by atoms with van der Waals surface area (Å²) in [7, 11) is 0. The van der Waals surface area contributed by atoms with Gasteiger partial charge in [-0.15, -0.1) is 0 Å². The Bertz CT molecular complexity index is 675. The number of ketones is 1. The lowest BCUT2D eigenvalue weighted by molar-refractivity contribution is -0.123. The molecule has 1 aromatic heterocycles. The van der Waals surface area contributed by atoms with E-state index in [1.807, 2.05) is 28.8 Å². The minimum Gasteiger partial charge on any atom is -0.320 e. The van der Waals surface area contributed by atoms with Crippen LogP contribution in [0.15, 0.2) is 24.3 Å². The van der Waals surface area contributed by atoms with Crippen molar-refractivity contribution in [2.24, 2.45) is 5.92 Å². The van der Waals surface area contributed by atoms with Gasteiger partial charge in [0.05, 0.1) is 30.1 Å². The molecule has 0 N–H and O–H groups in total. The monoisotopic (exact) mass is 267 g/mol. The Morgan fingerprint density at radius 3 is 2.85 bits per heavy atom. The summed E-state index contributed by atoms with van der Waals surface area (Å²) in [6, 6.07) is 9.89. The maximum atomic E-state index is 12.4. The number of fused-ring (bicyclic) bond motifs is 1. The van der Waals surface area contributed by atoms with Crippen LogP contribution in [0.1, 0.15) is 31.5 Å². The Morgan fingerprint density at radius 2 is 2.10 bits per heavy atom. The molecule has 4 nitrogen and oxygen atoms in total. The number of hydrogen-bond acceptors (Lipinski definition) is 3. The number of Topliss-reactive ketones (excluding diaryl/α,β-unsaturated/α-hetero) is 1. The first kappa shape index (κ1) is 12.9. The van der Waals surface area contributed by atoms with Gasteiger partial charge in [-0.05, 0) is 25.0 Å². The third-order valence-corrected chi connectivity index (χ3v) is 4.10. The summed E-state index contributed by atoms with van der Waals surface area (Å²) in [5.74, 6) is 1.18. The summed E-state index contributed by atoms with van der Waals surface area (Å²) >= 11 is 0. The Hall–Kier alpha value is -2.15. The van der Waals surface area contributed by atoms with Crippen LogP contribution in [0, 0.1) is 17.2 Å². The van der Waals surface area contributed by atoms with Gasteiger partial charge in [0.2, 0.25) is 0 Å². The summed E-state index contributed by atoms with van der Waals surface area (Å²) < 4.78 is 1.92. The van der Waals surface area contributed by atoms with Crippen molar-refractivity contribution in [3.8, 4) is 6.07 Å². The molecule has 1 aliphatic carbocycles. The van der Waals surface area contributed by atoms with Crippen LogP contribution in [0.4, 0.5) is 0 Å². The van der Waals surface area contributed by atoms with Crippen molar-refractivity contribution < 1.29 is 4.79 Å². The van der Waals surface area contributed by atoms with E-state index in [0.717, 1.165) is 36.7 Å². The van der Waals surface area contributed by atoms with Gasteiger partial charge in [-0.25, -0.2) is 4.98 Å². The van der Waals surface area contributed by atoms with Gasteiger partial charge < -0.3 is 4.57 Å². The average molecular weight is 267 g/mol. The van der Waals surface area contributed by atoms with Gasteiger partial charge in [-0.2, -0.15) is 5.26 Å². The molecule has 0 spiro atoms. The molecule has 0 radical (unpaired) electrons. The molecule has 1 fully saturated rings. The van der Waals surface area contributed by atoms with Crippen LogP contribution in [0.3, 0.4) is 0 Å². The van der Waals surface area contributed by atoms with E-state index in [4.69, 9.17) is 5.26 Å². The highest BCUT2D eigenvalue weighted by Crippen LogP contribution is 2.27. The second kappa shape index (κ2) is 5.46. The normalized spacial score (nSPS) is 15.6. The Labute approximate surface area is 118 Å². The predicted octanol–water partition coefficient (Wildman–Crippen LogP) is 2.86. The maximum absolute atomic E-state index is 12.4. The van der Waals surface area contributed by atoms with Crippen LogP contribution in [-0.4, -0.2) is 15.3 Å². The van der Waals surface area contributed by atoms with Crippen LogP contribution in [0.2, 0.25) is 0 Å². The standard InChI is InChI=1S/C16H17N3O/c17-10-9-16-18-13-7-3-4-8-14(13)19(16)11-15(20)12-5-1-2-6-12/h3-4,7-8,12H,1-2,5-6,9,11H2. The zero-order valence-electron chi connectivity index (χ0n) is 11.4. The smallest absolute Gasteiger partial charge is 0.155 e. The Balaban J connectivity index is 1.94. The van der Waals surface area contributed by atoms with Crippen LogP contribution in [0.5, 0.6) is 0 Å². The van der Waals surface area contributed by atoms with Crippen molar-refractivity contribution in [1.29, 1.82) is 5.26 Å². The van der Waals surface area contributed by atoms with Gasteiger partial charge in [0.15, 0.2) is 5.78 Å². The molecule has 0 atom stereocenters. The van der Waals surface area contributed by atoms with Crippen LogP contribution in [0.25, 0.3) is 11.0 Å². The fraction of sp³-hybridized carbons (Fsp3) is 0.438. The molecular formula is C16H17N3O. The summed E-state index contributed by atoms with van der Waals surface area (Å²) in [6.45, 7) is 0.349. The van der Waals surface area contributed by atoms with Crippen molar-refractivity contribution in [3.05, 3.63) is 30.1 Å². The van der Waals surface area contributed by atoms with Gasteiger partial charge in [-0.3, -0.25) is 4.79 Å². The van der Waals surface area contributed by atoms with E-state index in [9.17, 15) is 4.79 Å². The molecule has 2 aromatic rings. The molecule has 0 bridgehead atoms. The minimum absolute atomic E-state index is 0.200. The molecule has 0 amide bonds. The molecule has 0 aliphatic heterocycles. The van der Waals surface area contributed by atoms with Gasteiger partial charge in [0, 0.05) is 5.92 Å². The first-order valence-electron chi connectivity index (χ1n) is 7.13.